The Kier molecular flexibility index (Phi) is 13.7. The topological polar surface area (TPSA) is 124 Å². The summed E-state index contributed by atoms with van der Waals surface area (Å²) in [6, 6.07) is 11.4. The number of nitrogens with zero attached hydrogens (tertiary/aromatic N) is 3. The van der Waals surface area contributed by atoms with Crippen LogP contribution in [0, 0.1) is 6.92 Å². The molecule has 1 fully saturated rings. The zero-order valence-corrected chi connectivity index (χ0v) is 36.1. The largest absolute Gasteiger partial charge is 0.344 e. The lowest BCUT2D eigenvalue weighted by atomic mass is 9.81. The molecule has 0 unspecified atom stereocenters. The third kappa shape index (κ3) is 10.0. The smallest absolute Gasteiger partial charge is 0.333 e. The third-order valence-corrected chi connectivity index (χ3v) is 12.4. The number of hydrogen-bond acceptors (Lipinski definition) is 7. The number of carbonyl (C=O) groups is 3. The summed E-state index contributed by atoms with van der Waals surface area (Å²) in [6.45, 7) is 12.3. The van der Waals surface area contributed by atoms with E-state index in [0.717, 1.165) is 36.3 Å². The first-order valence-electron chi connectivity index (χ1n) is 20.7. The third-order valence-electron chi connectivity index (χ3n) is 11.5. The van der Waals surface area contributed by atoms with Crippen LogP contribution in [0.1, 0.15) is 95.8 Å². The average Bonchev–Trinajstić information content (AvgIpc) is 3.69. The van der Waals surface area contributed by atoms with Crippen LogP contribution in [0.15, 0.2) is 138 Å². The first-order chi connectivity index (χ1) is 28.6. The average molecular weight is 831 g/mol. The van der Waals surface area contributed by atoms with E-state index in [-0.39, 0.29) is 29.6 Å². The minimum Gasteiger partial charge on any atom is -0.344 e. The van der Waals surface area contributed by atoms with Gasteiger partial charge in [0.25, 0.3) is 21.9 Å². The summed E-state index contributed by atoms with van der Waals surface area (Å²) < 4.78 is 36.2. The number of rotatable bonds is 16. The zero-order chi connectivity index (χ0) is 43.1. The fraction of sp³-hybridized carbons (Fsp3) is 0.347. The molecule has 0 spiro atoms. The van der Waals surface area contributed by atoms with Crippen LogP contribution in [-0.2, 0) is 40.2 Å². The molecule has 314 valence electrons. The van der Waals surface area contributed by atoms with Gasteiger partial charge in [-0.05, 0) is 81.9 Å². The van der Waals surface area contributed by atoms with Gasteiger partial charge in [-0.2, -0.15) is 13.0 Å². The van der Waals surface area contributed by atoms with Crippen LogP contribution in [0.5, 0.6) is 0 Å². The van der Waals surface area contributed by atoms with Crippen LogP contribution in [-0.4, -0.2) is 59.2 Å². The lowest BCUT2D eigenvalue weighted by Gasteiger charge is -2.27. The standard InChI is InChI=1S/C49H55N3O7S/c1-36-26-28-41-39(34-36)48(2,3)43(51(41)33-19-22-37-20-13-8-6-9-14-21-37)23-15-10-7-11-16-24-44-49(4,5)40-35-38(60(56,57)58)27-29-42(40)50(44)32-18-12-17-25-47(55)59-52-45(53)30-31-46(52)54/h6-11,13-16,20-21,23-24,26-29,34-35H,12,17-19,22,25,30-33H2,1-5H3/p+1/b8-6-,9-6?,13-8?,14-9-,20-13?,21-14?,37-20?,37-21?. The minimum absolute atomic E-state index is 0.0468. The molecular formula is C49H56N3O7S+. The maximum atomic E-state index is 12.3. The predicted octanol–water partition coefficient (Wildman–Crippen LogP) is 9.52. The molecule has 2 amide bonds. The number of imide groups is 1. The lowest BCUT2D eigenvalue weighted by Crippen LogP contribution is -2.31. The first kappa shape index (κ1) is 43.9. The molecule has 1 N–H and O–H groups in total. The quantitative estimate of drug-likeness (QED) is 0.0584. The number of amides is 2. The molecule has 1 saturated heterocycles. The van der Waals surface area contributed by atoms with E-state index in [2.05, 4.69) is 97.1 Å². The van der Waals surface area contributed by atoms with E-state index in [1.807, 2.05) is 50.3 Å². The Morgan fingerprint density at radius 2 is 1.55 bits per heavy atom. The number of anilines is 1. The van der Waals surface area contributed by atoms with E-state index in [0.29, 0.717) is 30.9 Å². The lowest BCUT2D eigenvalue weighted by molar-refractivity contribution is -0.438. The van der Waals surface area contributed by atoms with E-state index in [1.54, 1.807) is 6.07 Å². The molecule has 2 aromatic carbocycles. The van der Waals surface area contributed by atoms with Crippen LogP contribution >= 0.6 is 0 Å². The second-order valence-electron chi connectivity index (χ2n) is 16.6. The van der Waals surface area contributed by atoms with Gasteiger partial charge in [-0.25, -0.2) is 4.79 Å². The van der Waals surface area contributed by atoms with E-state index in [9.17, 15) is 27.4 Å². The molecule has 0 bridgehead atoms. The highest BCUT2D eigenvalue weighted by Crippen LogP contribution is 2.48. The number of fused-ring (bicyclic) bond motifs is 2. The van der Waals surface area contributed by atoms with Gasteiger partial charge in [0.2, 0.25) is 5.69 Å². The van der Waals surface area contributed by atoms with Crippen molar-refractivity contribution in [3.8, 4) is 0 Å². The maximum absolute atomic E-state index is 12.3. The van der Waals surface area contributed by atoms with Gasteiger partial charge < -0.3 is 9.74 Å². The van der Waals surface area contributed by atoms with Crippen molar-refractivity contribution in [3.63, 3.8) is 0 Å². The fourth-order valence-corrected chi connectivity index (χ4v) is 8.81. The summed E-state index contributed by atoms with van der Waals surface area (Å²) in [5.41, 5.74) is 8.24. The number of aryl methyl sites for hydroxylation is 1. The molecule has 0 saturated carbocycles. The summed E-state index contributed by atoms with van der Waals surface area (Å²) in [5, 5.41) is 0.570. The highest BCUT2D eigenvalue weighted by Gasteiger charge is 2.45. The highest BCUT2D eigenvalue weighted by molar-refractivity contribution is 7.85. The summed E-state index contributed by atoms with van der Waals surface area (Å²) in [7, 11) is -4.40. The molecule has 6 rings (SSSR count). The molecule has 2 aromatic rings. The first-order valence-corrected chi connectivity index (χ1v) is 22.2. The molecular weight excluding hydrogens is 775 g/mol. The van der Waals surface area contributed by atoms with Crippen LogP contribution < -0.4 is 4.90 Å². The minimum atomic E-state index is -4.40. The van der Waals surface area contributed by atoms with Gasteiger partial charge in [-0.15, -0.1) is 5.06 Å². The predicted molar refractivity (Wildman–Crippen MR) is 237 cm³/mol. The molecule has 1 aliphatic carbocycles. The van der Waals surface area contributed by atoms with Crippen molar-refractivity contribution < 1.29 is 36.8 Å². The molecule has 3 aliphatic heterocycles. The Hall–Kier alpha value is -5.65. The van der Waals surface area contributed by atoms with Crippen molar-refractivity contribution in [1.82, 2.24) is 5.06 Å². The second-order valence-corrected chi connectivity index (χ2v) is 18.0. The van der Waals surface area contributed by atoms with Crippen molar-refractivity contribution in [3.05, 3.63) is 149 Å². The summed E-state index contributed by atoms with van der Waals surface area (Å²) >= 11 is 0. The van der Waals surface area contributed by atoms with Gasteiger partial charge >= 0.3 is 5.97 Å². The molecule has 4 aliphatic rings. The molecule has 0 radical (unpaired) electrons. The van der Waals surface area contributed by atoms with Gasteiger partial charge in [-0.3, -0.25) is 14.1 Å². The van der Waals surface area contributed by atoms with Gasteiger partial charge in [0.15, 0.2) is 5.71 Å². The Morgan fingerprint density at radius 3 is 2.32 bits per heavy atom. The Bertz CT molecular complexity index is 2410. The molecule has 10 nitrogen and oxygen atoms in total. The summed E-state index contributed by atoms with van der Waals surface area (Å²) in [4.78, 5) is 43.2. The Balaban J connectivity index is 1.15. The van der Waals surface area contributed by atoms with Gasteiger partial charge in [-0.1, -0.05) is 104 Å². The SMILES string of the molecule is Cc1ccc2c(c1)C(C)(C)C(=CC=CC=CC=CC1=[N+](CCCCCC(=O)ON3C(=O)CCC3=O)c3ccc(S(=O)(=O)O)cc3C1(C)C)N2CCCC1=C/C=C\C=C/C=C1. The van der Waals surface area contributed by atoms with Crippen LogP contribution in [0.4, 0.5) is 11.4 Å². The number of benzene rings is 2. The van der Waals surface area contributed by atoms with Crippen molar-refractivity contribution in [2.24, 2.45) is 0 Å². The maximum Gasteiger partial charge on any atom is 0.333 e. The number of hydrogen-bond donors (Lipinski definition) is 1. The van der Waals surface area contributed by atoms with Crippen molar-refractivity contribution >= 4 is 45.0 Å². The van der Waals surface area contributed by atoms with Crippen LogP contribution in [0.3, 0.4) is 0 Å². The molecule has 0 aromatic heterocycles. The molecule has 60 heavy (non-hydrogen) atoms. The van der Waals surface area contributed by atoms with E-state index in [4.69, 9.17) is 4.84 Å². The van der Waals surface area contributed by atoms with Gasteiger partial charge in [0.05, 0.1) is 10.3 Å². The van der Waals surface area contributed by atoms with Crippen molar-refractivity contribution in [1.29, 1.82) is 0 Å². The molecule has 0 atom stereocenters. The second kappa shape index (κ2) is 18.7. The van der Waals surface area contributed by atoms with Gasteiger partial charge in [0, 0.05) is 66.7 Å². The monoisotopic (exact) mass is 830 g/mol. The summed E-state index contributed by atoms with van der Waals surface area (Å²) in [6.07, 6.45) is 33.0. The fourth-order valence-electron chi connectivity index (χ4n) is 8.31. The van der Waals surface area contributed by atoms with E-state index < -0.39 is 33.3 Å². The van der Waals surface area contributed by atoms with Crippen LogP contribution in [0.2, 0.25) is 0 Å². The Morgan fingerprint density at radius 1 is 0.833 bits per heavy atom. The highest BCUT2D eigenvalue weighted by atomic mass is 32.2. The van der Waals surface area contributed by atoms with Gasteiger partial charge in [0.1, 0.15) is 6.54 Å². The summed E-state index contributed by atoms with van der Waals surface area (Å²) in [5.74, 6) is -1.63. The van der Waals surface area contributed by atoms with Crippen molar-refractivity contribution in [2.45, 2.75) is 102 Å². The van der Waals surface area contributed by atoms with E-state index >= 15 is 0 Å². The number of hydroxylamine groups is 2. The van der Waals surface area contributed by atoms with Crippen LogP contribution in [0.25, 0.3) is 0 Å². The normalized spacial score (nSPS) is 20.1. The van der Waals surface area contributed by atoms with Crippen molar-refractivity contribution in [2.75, 3.05) is 18.0 Å². The molecule has 3 heterocycles. The number of unbranched alkanes of at least 4 members (excludes halogenated alkanes) is 2. The zero-order valence-electron chi connectivity index (χ0n) is 35.3. The van der Waals surface area contributed by atoms with E-state index in [1.165, 1.54) is 40.2 Å². The number of allylic oxidation sites excluding steroid dienone is 16. The Labute approximate surface area is 354 Å². The molecule has 11 heteroatoms. The number of carbonyl (C=O) groups excluding carboxylic acids is 3.